The first-order valence-corrected chi connectivity index (χ1v) is 6.63. The van der Waals surface area contributed by atoms with Crippen LogP contribution in [0.3, 0.4) is 0 Å². The number of hydrogen-bond acceptors (Lipinski definition) is 4. The first-order chi connectivity index (χ1) is 9.45. The summed E-state index contributed by atoms with van der Waals surface area (Å²) in [5.74, 6) is -0.402. The minimum absolute atomic E-state index is 0.402. The summed E-state index contributed by atoms with van der Waals surface area (Å²) in [4.78, 5) is 24.6. The van der Waals surface area contributed by atoms with Gasteiger partial charge in [0.25, 0.3) is 0 Å². The summed E-state index contributed by atoms with van der Waals surface area (Å²) in [6.45, 7) is 5.04. The van der Waals surface area contributed by atoms with Crippen LogP contribution in [0.15, 0.2) is 24.3 Å². The number of imide groups is 1. The molecular weight excluding hydrogens is 256 g/mol. The molecule has 0 heterocycles. The quantitative estimate of drug-likeness (QED) is 0.677. The zero-order valence-electron chi connectivity index (χ0n) is 11.9. The van der Waals surface area contributed by atoms with Crippen LogP contribution in [0, 0.1) is 0 Å². The van der Waals surface area contributed by atoms with Crippen molar-refractivity contribution in [1.82, 2.24) is 10.2 Å². The second-order valence-corrected chi connectivity index (χ2v) is 4.70. The highest BCUT2D eigenvalue weighted by atomic mass is 16.2. The summed E-state index contributed by atoms with van der Waals surface area (Å²) in [6, 6.07) is 6.24. The maximum absolute atomic E-state index is 11.9. The summed E-state index contributed by atoms with van der Waals surface area (Å²) in [7, 11) is 0. The molecule has 0 aliphatic carbocycles. The number of carbonyl (C=O) groups excluding carboxylic acids is 2. The molecule has 0 radical (unpaired) electrons. The predicted octanol–water partition coefficient (Wildman–Crippen LogP) is 1.06. The Bertz CT molecular complexity index is 476. The van der Waals surface area contributed by atoms with E-state index in [-0.39, 0.29) is 0 Å². The number of nitrogens with zero attached hydrogens (tertiary/aromatic N) is 1. The number of anilines is 1. The van der Waals surface area contributed by atoms with Gasteiger partial charge in [-0.1, -0.05) is 25.1 Å². The van der Waals surface area contributed by atoms with E-state index in [1.165, 1.54) is 0 Å². The molecule has 0 aromatic heterocycles. The first-order valence-electron chi connectivity index (χ1n) is 6.63. The lowest BCUT2D eigenvalue weighted by molar-refractivity contribution is -0.124. The van der Waals surface area contributed by atoms with Crippen molar-refractivity contribution in [2.24, 2.45) is 5.73 Å². The van der Waals surface area contributed by atoms with Crippen LogP contribution in [0.1, 0.15) is 25.8 Å². The Kier molecular flexibility index (Phi) is 5.99. The molecule has 6 heteroatoms. The van der Waals surface area contributed by atoms with Crippen molar-refractivity contribution >= 4 is 17.6 Å². The van der Waals surface area contributed by atoms with Crippen molar-refractivity contribution in [2.45, 2.75) is 32.9 Å². The van der Waals surface area contributed by atoms with Gasteiger partial charge in [-0.3, -0.25) is 15.0 Å². The zero-order chi connectivity index (χ0) is 15.1. The van der Waals surface area contributed by atoms with Gasteiger partial charge >= 0.3 is 6.03 Å². The number of rotatable bonds is 6. The average Bonchev–Trinajstić information content (AvgIpc) is 2.39. The molecule has 0 saturated carbocycles. The van der Waals surface area contributed by atoms with Crippen LogP contribution in [-0.2, 0) is 11.3 Å². The summed E-state index contributed by atoms with van der Waals surface area (Å²) >= 11 is 0. The van der Waals surface area contributed by atoms with Gasteiger partial charge < -0.3 is 11.5 Å². The number of carbonyl (C=O) groups is 2. The number of nitrogens with two attached hydrogens (primary N) is 2. The number of amides is 3. The molecule has 3 amide bonds. The van der Waals surface area contributed by atoms with Gasteiger partial charge in [-0.05, 0) is 31.5 Å². The fourth-order valence-corrected chi connectivity index (χ4v) is 1.99. The number of benzene rings is 1. The molecule has 1 atom stereocenters. The van der Waals surface area contributed by atoms with Crippen molar-refractivity contribution in [3.8, 4) is 0 Å². The van der Waals surface area contributed by atoms with Crippen molar-refractivity contribution in [3.63, 3.8) is 0 Å². The van der Waals surface area contributed by atoms with E-state index in [1.54, 1.807) is 6.92 Å². The number of nitrogens with one attached hydrogen (secondary N) is 1. The molecular formula is C14H22N4O2. The Hall–Kier alpha value is -2.08. The fourth-order valence-electron chi connectivity index (χ4n) is 1.99. The largest absolute Gasteiger partial charge is 0.398 e. The average molecular weight is 278 g/mol. The molecule has 1 unspecified atom stereocenters. The Morgan fingerprint density at radius 2 is 2.00 bits per heavy atom. The Morgan fingerprint density at radius 3 is 2.55 bits per heavy atom. The minimum atomic E-state index is -0.836. The van der Waals surface area contributed by atoms with Crippen LogP contribution >= 0.6 is 0 Å². The normalized spacial score (nSPS) is 12.2. The third kappa shape index (κ3) is 4.55. The highest BCUT2D eigenvalue weighted by Gasteiger charge is 2.22. The second-order valence-electron chi connectivity index (χ2n) is 4.70. The van der Waals surface area contributed by atoms with Crippen LogP contribution in [0.5, 0.6) is 0 Å². The van der Waals surface area contributed by atoms with Gasteiger partial charge in [0.1, 0.15) is 0 Å². The number of primary amides is 1. The molecule has 6 nitrogen and oxygen atoms in total. The highest BCUT2D eigenvalue weighted by Crippen LogP contribution is 2.15. The van der Waals surface area contributed by atoms with Crippen molar-refractivity contribution < 1.29 is 9.59 Å². The lowest BCUT2D eigenvalue weighted by Gasteiger charge is -2.28. The van der Waals surface area contributed by atoms with Crippen LogP contribution in [0.25, 0.3) is 0 Å². The summed E-state index contributed by atoms with van der Waals surface area (Å²) in [5, 5.41) is 2.11. The van der Waals surface area contributed by atoms with Gasteiger partial charge in [0.15, 0.2) is 0 Å². The predicted molar refractivity (Wildman–Crippen MR) is 78.7 cm³/mol. The second kappa shape index (κ2) is 7.49. The van der Waals surface area contributed by atoms with Crippen molar-refractivity contribution in [1.29, 1.82) is 0 Å². The van der Waals surface area contributed by atoms with Gasteiger partial charge in [0, 0.05) is 12.2 Å². The molecule has 110 valence electrons. The van der Waals surface area contributed by atoms with E-state index in [0.717, 1.165) is 18.5 Å². The lowest BCUT2D eigenvalue weighted by atomic mass is 10.1. The molecule has 1 aromatic carbocycles. The molecule has 0 saturated heterocycles. The van der Waals surface area contributed by atoms with Crippen LogP contribution < -0.4 is 16.8 Å². The van der Waals surface area contributed by atoms with Crippen molar-refractivity contribution in [3.05, 3.63) is 29.8 Å². The van der Waals surface area contributed by atoms with E-state index in [0.29, 0.717) is 12.2 Å². The Labute approximate surface area is 119 Å². The molecule has 1 rings (SSSR count). The SMILES string of the molecule is CCCN(Cc1ccccc1N)C(C)C(=O)NC(N)=O. The fraction of sp³-hybridized carbons (Fsp3) is 0.429. The number of urea groups is 1. The Morgan fingerprint density at radius 1 is 1.35 bits per heavy atom. The van der Waals surface area contributed by atoms with Crippen molar-refractivity contribution in [2.75, 3.05) is 12.3 Å². The van der Waals surface area contributed by atoms with Crippen LogP contribution in [0.4, 0.5) is 10.5 Å². The summed E-state index contributed by atoms with van der Waals surface area (Å²) in [6.07, 6.45) is 0.890. The molecule has 0 spiro atoms. The van der Waals surface area contributed by atoms with Gasteiger partial charge in [0.05, 0.1) is 6.04 Å². The van der Waals surface area contributed by atoms with E-state index in [1.807, 2.05) is 36.1 Å². The van der Waals surface area contributed by atoms with E-state index in [2.05, 4.69) is 5.32 Å². The smallest absolute Gasteiger partial charge is 0.318 e. The molecule has 5 N–H and O–H groups in total. The van der Waals surface area contributed by atoms with Crippen LogP contribution in [0.2, 0.25) is 0 Å². The van der Waals surface area contributed by atoms with E-state index in [4.69, 9.17) is 11.5 Å². The maximum Gasteiger partial charge on any atom is 0.318 e. The maximum atomic E-state index is 11.9. The third-order valence-electron chi connectivity index (χ3n) is 3.11. The minimum Gasteiger partial charge on any atom is -0.398 e. The third-order valence-corrected chi connectivity index (χ3v) is 3.11. The number of hydrogen-bond donors (Lipinski definition) is 3. The Balaban J connectivity index is 2.80. The van der Waals surface area contributed by atoms with E-state index >= 15 is 0 Å². The number of para-hydroxylation sites is 1. The van der Waals surface area contributed by atoms with Gasteiger partial charge in [-0.15, -0.1) is 0 Å². The molecule has 20 heavy (non-hydrogen) atoms. The zero-order valence-corrected chi connectivity index (χ0v) is 11.9. The van der Waals surface area contributed by atoms with Gasteiger partial charge in [-0.2, -0.15) is 0 Å². The molecule has 0 bridgehead atoms. The van der Waals surface area contributed by atoms with Crippen LogP contribution in [-0.4, -0.2) is 29.4 Å². The molecule has 0 aliphatic heterocycles. The topological polar surface area (TPSA) is 101 Å². The molecule has 1 aromatic rings. The van der Waals surface area contributed by atoms with E-state index < -0.39 is 18.0 Å². The van der Waals surface area contributed by atoms with Gasteiger partial charge in [-0.25, -0.2) is 4.79 Å². The summed E-state index contributed by atoms with van der Waals surface area (Å²) < 4.78 is 0. The lowest BCUT2D eigenvalue weighted by Crippen LogP contribution is -2.48. The standard InChI is InChI=1S/C14H22N4O2/c1-3-8-18(10(2)13(19)17-14(16)20)9-11-6-4-5-7-12(11)15/h4-7,10H,3,8-9,15H2,1-2H3,(H3,16,17,19,20). The number of nitrogen functional groups attached to an aromatic ring is 1. The first kappa shape index (κ1) is 16.0. The highest BCUT2D eigenvalue weighted by molar-refractivity contribution is 5.96. The van der Waals surface area contributed by atoms with Gasteiger partial charge in [0.2, 0.25) is 5.91 Å². The van der Waals surface area contributed by atoms with E-state index in [9.17, 15) is 9.59 Å². The summed E-state index contributed by atoms with van der Waals surface area (Å²) in [5.41, 5.74) is 12.5. The monoisotopic (exact) mass is 278 g/mol. The molecule has 0 aliphatic rings. The molecule has 0 fully saturated rings.